The molecule has 0 aliphatic heterocycles. The standard InChI is InChI=1S/C15H19N3O2/c19-15(20)12-7-4-10-18-13(16-17-14(12)18)9-8-11-5-2-1-3-6-11/h4,7,10-11H,1-3,5-6,8-9H2,(H,19,20). The molecule has 2 heterocycles. The Kier molecular flexibility index (Phi) is 3.67. The number of aromatic nitrogens is 3. The van der Waals surface area contributed by atoms with Crippen LogP contribution in [0.1, 0.15) is 54.7 Å². The number of carboxylic acid groups (broad SMARTS) is 1. The smallest absolute Gasteiger partial charge is 0.339 e. The van der Waals surface area contributed by atoms with Gasteiger partial charge in [0, 0.05) is 12.6 Å². The minimum absolute atomic E-state index is 0.212. The minimum Gasteiger partial charge on any atom is -0.478 e. The summed E-state index contributed by atoms with van der Waals surface area (Å²) in [6, 6.07) is 3.31. The maximum atomic E-state index is 11.1. The molecule has 106 valence electrons. The van der Waals surface area contributed by atoms with E-state index in [1.165, 1.54) is 32.1 Å². The fraction of sp³-hybridized carbons (Fsp3) is 0.533. The number of carboxylic acids is 1. The van der Waals surface area contributed by atoms with Crippen molar-refractivity contribution in [2.45, 2.75) is 44.9 Å². The second kappa shape index (κ2) is 5.61. The molecule has 5 heteroatoms. The van der Waals surface area contributed by atoms with Gasteiger partial charge in [-0.3, -0.25) is 4.40 Å². The van der Waals surface area contributed by atoms with Gasteiger partial charge >= 0.3 is 5.97 Å². The van der Waals surface area contributed by atoms with E-state index in [0.717, 1.165) is 24.6 Å². The zero-order valence-electron chi connectivity index (χ0n) is 11.5. The van der Waals surface area contributed by atoms with E-state index in [4.69, 9.17) is 5.11 Å². The number of fused-ring (bicyclic) bond motifs is 1. The first-order valence-electron chi connectivity index (χ1n) is 7.31. The normalized spacial score (nSPS) is 16.6. The van der Waals surface area contributed by atoms with Gasteiger partial charge in [-0.25, -0.2) is 4.79 Å². The predicted octanol–water partition coefficient (Wildman–Crippen LogP) is 2.94. The number of hydrogen-bond donors (Lipinski definition) is 1. The molecule has 1 aliphatic carbocycles. The van der Waals surface area contributed by atoms with Crippen LogP contribution in [0.25, 0.3) is 5.65 Å². The van der Waals surface area contributed by atoms with Gasteiger partial charge in [-0.1, -0.05) is 32.1 Å². The average molecular weight is 273 g/mol. The summed E-state index contributed by atoms with van der Waals surface area (Å²) in [6.07, 6.45) is 10.5. The summed E-state index contributed by atoms with van der Waals surface area (Å²) < 4.78 is 1.81. The highest BCUT2D eigenvalue weighted by molar-refractivity contribution is 5.94. The lowest BCUT2D eigenvalue weighted by Crippen LogP contribution is -2.08. The van der Waals surface area contributed by atoms with Crippen molar-refractivity contribution in [1.29, 1.82) is 0 Å². The SMILES string of the molecule is O=C(O)c1cccn2c(CCC3CCCCC3)nnc12. The Morgan fingerprint density at radius 2 is 2.10 bits per heavy atom. The van der Waals surface area contributed by atoms with Gasteiger partial charge in [0.25, 0.3) is 0 Å². The van der Waals surface area contributed by atoms with Gasteiger partial charge in [0.05, 0.1) is 0 Å². The topological polar surface area (TPSA) is 67.5 Å². The Bertz CT molecular complexity index is 615. The summed E-state index contributed by atoms with van der Waals surface area (Å²) in [7, 11) is 0. The number of hydrogen-bond acceptors (Lipinski definition) is 3. The number of rotatable bonds is 4. The lowest BCUT2D eigenvalue weighted by molar-refractivity contribution is 0.0698. The van der Waals surface area contributed by atoms with E-state index in [1.54, 1.807) is 12.1 Å². The van der Waals surface area contributed by atoms with Gasteiger partial charge in [-0.05, 0) is 24.5 Å². The largest absolute Gasteiger partial charge is 0.478 e. The first kappa shape index (κ1) is 13.1. The van der Waals surface area contributed by atoms with E-state index in [2.05, 4.69) is 10.2 Å². The molecule has 2 aromatic heterocycles. The van der Waals surface area contributed by atoms with Crippen LogP contribution in [0, 0.1) is 5.92 Å². The average Bonchev–Trinajstić information content (AvgIpc) is 2.89. The third-order valence-corrected chi connectivity index (χ3v) is 4.24. The quantitative estimate of drug-likeness (QED) is 0.930. The number of carbonyl (C=O) groups is 1. The van der Waals surface area contributed by atoms with Crippen LogP contribution in [0.3, 0.4) is 0 Å². The van der Waals surface area contributed by atoms with Gasteiger partial charge in [-0.15, -0.1) is 10.2 Å². The lowest BCUT2D eigenvalue weighted by atomic mass is 9.86. The van der Waals surface area contributed by atoms with E-state index in [-0.39, 0.29) is 5.56 Å². The van der Waals surface area contributed by atoms with Crippen LogP contribution in [0.5, 0.6) is 0 Å². The van der Waals surface area contributed by atoms with Gasteiger partial charge < -0.3 is 5.11 Å². The van der Waals surface area contributed by atoms with Crippen LogP contribution < -0.4 is 0 Å². The Hall–Kier alpha value is -1.91. The highest BCUT2D eigenvalue weighted by atomic mass is 16.4. The molecule has 20 heavy (non-hydrogen) atoms. The van der Waals surface area contributed by atoms with Gasteiger partial charge in [0.1, 0.15) is 11.4 Å². The van der Waals surface area contributed by atoms with E-state index >= 15 is 0 Å². The summed E-state index contributed by atoms with van der Waals surface area (Å²) in [5.41, 5.74) is 0.655. The van der Waals surface area contributed by atoms with Gasteiger partial charge in [-0.2, -0.15) is 0 Å². The summed E-state index contributed by atoms with van der Waals surface area (Å²) in [4.78, 5) is 11.1. The van der Waals surface area contributed by atoms with Crippen molar-refractivity contribution in [1.82, 2.24) is 14.6 Å². The van der Waals surface area contributed by atoms with E-state index in [9.17, 15) is 4.79 Å². The molecule has 1 fully saturated rings. The molecule has 0 spiro atoms. The number of aromatic carboxylic acids is 1. The molecule has 0 atom stereocenters. The monoisotopic (exact) mass is 273 g/mol. The second-order valence-corrected chi connectivity index (χ2v) is 5.58. The maximum absolute atomic E-state index is 11.1. The van der Waals surface area contributed by atoms with Crippen LogP contribution in [0.15, 0.2) is 18.3 Å². The summed E-state index contributed by atoms with van der Waals surface area (Å²) >= 11 is 0. The molecule has 0 amide bonds. The van der Waals surface area contributed by atoms with Crippen LogP contribution >= 0.6 is 0 Å². The third kappa shape index (κ3) is 2.53. The van der Waals surface area contributed by atoms with Crippen LogP contribution in [0.4, 0.5) is 0 Å². The molecule has 0 radical (unpaired) electrons. The lowest BCUT2D eigenvalue weighted by Gasteiger charge is -2.20. The first-order valence-corrected chi connectivity index (χ1v) is 7.31. The van der Waals surface area contributed by atoms with E-state index in [0.29, 0.717) is 5.65 Å². The highest BCUT2D eigenvalue weighted by Gasteiger charge is 2.17. The summed E-state index contributed by atoms with van der Waals surface area (Å²) in [5.74, 6) is 0.703. The molecular weight excluding hydrogens is 254 g/mol. The van der Waals surface area contributed by atoms with Crippen molar-refractivity contribution >= 4 is 11.6 Å². The molecule has 1 aliphatic rings. The molecule has 0 bridgehead atoms. The molecule has 3 rings (SSSR count). The zero-order chi connectivity index (χ0) is 13.9. The van der Waals surface area contributed by atoms with Crippen molar-refractivity contribution in [2.24, 2.45) is 5.92 Å². The van der Waals surface area contributed by atoms with Crippen molar-refractivity contribution in [3.63, 3.8) is 0 Å². The Balaban J connectivity index is 1.78. The van der Waals surface area contributed by atoms with E-state index < -0.39 is 5.97 Å². The van der Waals surface area contributed by atoms with Crippen LogP contribution in [-0.2, 0) is 6.42 Å². The Morgan fingerprint density at radius 1 is 1.30 bits per heavy atom. The Morgan fingerprint density at radius 3 is 2.85 bits per heavy atom. The fourth-order valence-electron chi connectivity index (χ4n) is 3.11. The number of pyridine rings is 1. The van der Waals surface area contributed by atoms with Gasteiger partial charge in [0.15, 0.2) is 5.65 Å². The second-order valence-electron chi connectivity index (χ2n) is 5.58. The van der Waals surface area contributed by atoms with Crippen LogP contribution in [0.2, 0.25) is 0 Å². The van der Waals surface area contributed by atoms with Gasteiger partial charge in [0.2, 0.25) is 0 Å². The summed E-state index contributed by atoms with van der Waals surface area (Å²) in [5, 5.41) is 17.4. The van der Waals surface area contributed by atoms with Crippen molar-refractivity contribution in [3.05, 3.63) is 29.7 Å². The first-order chi connectivity index (χ1) is 9.75. The van der Waals surface area contributed by atoms with Crippen LogP contribution in [-0.4, -0.2) is 25.7 Å². The van der Waals surface area contributed by atoms with E-state index in [1.807, 2.05) is 10.6 Å². The molecule has 0 unspecified atom stereocenters. The van der Waals surface area contributed by atoms with Crippen molar-refractivity contribution < 1.29 is 9.90 Å². The molecule has 0 saturated heterocycles. The molecule has 1 N–H and O–H groups in total. The van der Waals surface area contributed by atoms with Crippen molar-refractivity contribution in [3.8, 4) is 0 Å². The minimum atomic E-state index is -0.957. The zero-order valence-corrected chi connectivity index (χ0v) is 11.5. The molecule has 1 saturated carbocycles. The number of nitrogens with zero attached hydrogens (tertiary/aromatic N) is 3. The molecular formula is C15H19N3O2. The number of aryl methyl sites for hydroxylation is 1. The Labute approximate surface area is 117 Å². The molecule has 0 aromatic carbocycles. The molecule has 5 nitrogen and oxygen atoms in total. The fourth-order valence-corrected chi connectivity index (χ4v) is 3.11. The van der Waals surface area contributed by atoms with Crippen molar-refractivity contribution in [2.75, 3.05) is 0 Å². The molecule has 2 aromatic rings. The summed E-state index contributed by atoms with van der Waals surface area (Å²) in [6.45, 7) is 0. The highest BCUT2D eigenvalue weighted by Crippen LogP contribution is 2.27. The maximum Gasteiger partial charge on any atom is 0.339 e. The predicted molar refractivity (Wildman–Crippen MR) is 74.8 cm³/mol. The third-order valence-electron chi connectivity index (χ3n) is 4.24.